The van der Waals surface area contributed by atoms with Gasteiger partial charge in [-0.15, -0.1) is 0 Å². The zero-order valence-electron chi connectivity index (χ0n) is 18.3. The minimum atomic E-state index is -0.615. The molecule has 7 nitrogen and oxygen atoms in total. The second-order valence-corrected chi connectivity index (χ2v) is 8.86. The van der Waals surface area contributed by atoms with Crippen LogP contribution in [0.1, 0.15) is 50.5 Å². The number of rotatable bonds is 4. The first-order valence-electron chi connectivity index (χ1n) is 10.1. The van der Waals surface area contributed by atoms with Crippen molar-refractivity contribution in [3.05, 3.63) is 35.4 Å². The van der Waals surface area contributed by atoms with E-state index in [9.17, 15) is 14.4 Å². The fraction of sp³-hybridized carbons (Fsp3) is 0.591. The lowest BCUT2D eigenvalue weighted by Crippen LogP contribution is -2.57. The Kier molecular flexibility index (Phi) is 7.27. The molecule has 2 rings (SSSR count). The van der Waals surface area contributed by atoms with Gasteiger partial charge >= 0.3 is 6.09 Å². The molecular formula is C22H33N3O4. The highest BCUT2D eigenvalue weighted by Gasteiger charge is 2.33. The van der Waals surface area contributed by atoms with Crippen molar-refractivity contribution in [2.75, 3.05) is 26.2 Å². The van der Waals surface area contributed by atoms with Gasteiger partial charge in [0.1, 0.15) is 11.6 Å². The summed E-state index contributed by atoms with van der Waals surface area (Å²) < 4.78 is 5.40. The maximum Gasteiger partial charge on any atom is 0.410 e. The molecule has 0 saturated carbocycles. The normalized spacial score (nSPS) is 15.8. The van der Waals surface area contributed by atoms with Gasteiger partial charge in [0.15, 0.2) is 0 Å². The number of benzene rings is 1. The van der Waals surface area contributed by atoms with Gasteiger partial charge in [-0.3, -0.25) is 9.59 Å². The van der Waals surface area contributed by atoms with Gasteiger partial charge < -0.3 is 19.9 Å². The highest BCUT2D eigenvalue weighted by Crippen LogP contribution is 2.14. The summed E-state index contributed by atoms with van der Waals surface area (Å²) in [7, 11) is 0. The first kappa shape index (κ1) is 22.7. The fourth-order valence-corrected chi connectivity index (χ4v) is 3.16. The molecule has 1 aliphatic heterocycles. The molecule has 1 N–H and O–H groups in total. The van der Waals surface area contributed by atoms with E-state index in [4.69, 9.17) is 4.74 Å². The van der Waals surface area contributed by atoms with E-state index in [1.54, 1.807) is 21.9 Å². The summed E-state index contributed by atoms with van der Waals surface area (Å²) in [4.78, 5) is 41.2. The number of amides is 3. The number of aryl methyl sites for hydroxylation is 1. The third-order valence-electron chi connectivity index (χ3n) is 4.74. The Balaban J connectivity index is 1.98. The smallest absolute Gasteiger partial charge is 0.410 e. The van der Waals surface area contributed by atoms with E-state index in [0.29, 0.717) is 31.7 Å². The number of carbonyl (C=O) groups excluding carboxylic acids is 3. The molecule has 0 aliphatic carbocycles. The van der Waals surface area contributed by atoms with Gasteiger partial charge in [-0.05, 0) is 45.7 Å². The summed E-state index contributed by atoms with van der Waals surface area (Å²) in [5.74, 6) is -0.432. The summed E-state index contributed by atoms with van der Waals surface area (Å²) in [5.41, 5.74) is 0.980. The van der Waals surface area contributed by atoms with Crippen LogP contribution in [-0.4, -0.2) is 65.5 Å². The average Bonchev–Trinajstić information content (AvgIpc) is 2.64. The molecule has 1 unspecified atom stereocenters. The molecule has 0 radical (unpaired) electrons. The summed E-state index contributed by atoms with van der Waals surface area (Å²) in [6.07, 6.45) is -0.363. The van der Waals surface area contributed by atoms with E-state index >= 15 is 0 Å². The predicted octanol–water partition coefficient (Wildman–Crippen LogP) is 2.83. The molecule has 160 valence electrons. The molecule has 1 atom stereocenters. The van der Waals surface area contributed by atoms with Crippen LogP contribution in [0.5, 0.6) is 0 Å². The minimum Gasteiger partial charge on any atom is -0.444 e. The molecule has 3 amide bonds. The molecular weight excluding hydrogens is 370 g/mol. The monoisotopic (exact) mass is 403 g/mol. The maximum absolute atomic E-state index is 13.1. The van der Waals surface area contributed by atoms with Crippen molar-refractivity contribution < 1.29 is 19.1 Å². The lowest BCUT2D eigenvalue weighted by atomic mass is 10.0. The van der Waals surface area contributed by atoms with E-state index in [-0.39, 0.29) is 23.8 Å². The fourth-order valence-electron chi connectivity index (χ4n) is 3.16. The molecule has 0 bridgehead atoms. The lowest BCUT2D eigenvalue weighted by Gasteiger charge is -2.37. The highest BCUT2D eigenvalue weighted by atomic mass is 16.6. The van der Waals surface area contributed by atoms with E-state index in [2.05, 4.69) is 5.32 Å². The van der Waals surface area contributed by atoms with Crippen molar-refractivity contribution in [1.29, 1.82) is 0 Å². The molecule has 29 heavy (non-hydrogen) atoms. The van der Waals surface area contributed by atoms with Crippen LogP contribution >= 0.6 is 0 Å². The van der Waals surface area contributed by atoms with E-state index in [1.807, 2.05) is 53.7 Å². The van der Waals surface area contributed by atoms with Crippen LogP contribution in [0.2, 0.25) is 0 Å². The number of carbonyl (C=O) groups is 3. The number of hydrogen-bond acceptors (Lipinski definition) is 4. The van der Waals surface area contributed by atoms with Crippen molar-refractivity contribution in [2.45, 2.75) is 53.2 Å². The average molecular weight is 404 g/mol. The van der Waals surface area contributed by atoms with Gasteiger partial charge in [0.2, 0.25) is 5.91 Å². The van der Waals surface area contributed by atoms with Crippen molar-refractivity contribution in [1.82, 2.24) is 15.1 Å². The van der Waals surface area contributed by atoms with Crippen molar-refractivity contribution in [3.63, 3.8) is 0 Å². The molecule has 0 spiro atoms. The number of hydrogen-bond donors (Lipinski definition) is 1. The van der Waals surface area contributed by atoms with Gasteiger partial charge in [-0.25, -0.2) is 4.79 Å². The maximum atomic E-state index is 13.1. The van der Waals surface area contributed by atoms with Crippen LogP contribution in [0.25, 0.3) is 0 Å². The quantitative estimate of drug-likeness (QED) is 0.838. The molecule has 1 aromatic rings. The highest BCUT2D eigenvalue weighted by molar-refractivity contribution is 5.97. The Morgan fingerprint density at radius 3 is 2.14 bits per heavy atom. The standard InChI is InChI=1S/C22H33N3O4/c1-15(2)18(23-19(26)17-9-7-8-16(3)14-17)20(27)24-10-12-25(13-11-24)21(28)29-22(4,5)6/h7-9,14-15,18H,10-13H2,1-6H3,(H,23,26). The molecule has 0 aromatic heterocycles. The van der Waals surface area contributed by atoms with Gasteiger partial charge in [0.25, 0.3) is 5.91 Å². The molecule has 1 fully saturated rings. The topological polar surface area (TPSA) is 79.0 Å². The van der Waals surface area contributed by atoms with E-state index in [1.165, 1.54) is 0 Å². The molecule has 1 heterocycles. The van der Waals surface area contributed by atoms with Gasteiger partial charge in [0, 0.05) is 31.7 Å². The lowest BCUT2D eigenvalue weighted by molar-refractivity contribution is -0.136. The Hall–Kier alpha value is -2.57. The van der Waals surface area contributed by atoms with Crippen LogP contribution in [0.15, 0.2) is 24.3 Å². The Morgan fingerprint density at radius 1 is 1.03 bits per heavy atom. The summed E-state index contributed by atoms with van der Waals surface area (Å²) in [6.45, 7) is 12.9. The van der Waals surface area contributed by atoms with Gasteiger partial charge in [-0.2, -0.15) is 0 Å². The van der Waals surface area contributed by atoms with E-state index < -0.39 is 11.6 Å². The Labute approximate surface area is 173 Å². The second kappa shape index (κ2) is 9.29. The largest absolute Gasteiger partial charge is 0.444 e. The summed E-state index contributed by atoms with van der Waals surface area (Å²) in [5, 5.41) is 2.89. The Morgan fingerprint density at radius 2 is 1.62 bits per heavy atom. The van der Waals surface area contributed by atoms with Crippen molar-refractivity contribution >= 4 is 17.9 Å². The van der Waals surface area contributed by atoms with Crippen molar-refractivity contribution in [3.8, 4) is 0 Å². The van der Waals surface area contributed by atoms with Crippen LogP contribution < -0.4 is 5.32 Å². The predicted molar refractivity (Wildman–Crippen MR) is 112 cm³/mol. The first-order chi connectivity index (χ1) is 13.5. The molecule has 1 aliphatic rings. The van der Waals surface area contributed by atoms with Gasteiger partial charge in [-0.1, -0.05) is 31.5 Å². The third-order valence-corrected chi connectivity index (χ3v) is 4.74. The summed E-state index contributed by atoms with van der Waals surface area (Å²) >= 11 is 0. The van der Waals surface area contributed by atoms with Gasteiger partial charge in [0.05, 0.1) is 0 Å². The Bertz CT molecular complexity index is 747. The second-order valence-electron chi connectivity index (χ2n) is 8.86. The number of nitrogens with one attached hydrogen (secondary N) is 1. The SMILES string of the molecule is Cc1cccc(C(=O)NC(C(=O)N2CCN(C(=O)OC(C)(C)C)CC2)C(C)C)c1. The number of nitrogens with zero attached hydrogens (tertiary/aromatic N) is 2. The number of piperazine rings is 1. The van der Waals surface area contributed by atoms with Crippen molar-refractivity contribution in [2.24, 2.45) is 5.92 Å². The summed E-state index contributed by atoms with van der Waals surface area (Å²) in [6, 6.07) is 6.68. The zero-order valence-corrected chi connectivity index (χ0v) is 18.3. The molecule has 1 aromatic carbocycles. The van der Waals surface area contributed by atoms with Crippen LogP contribution in [0, 0.1) is 12.8 Å². The zero-order chi connectivity index (χ0) is 21.8. The van der Waals surface area contributed by atoms with E-state index in [0.717, 1.165) is 5.56 Å². The molecule has 1 saturated heterocycles. The minimum absolute atomic E-state index is 0.0554. The number of ether oxygens (including phenoxy) is 1. The van der Waals surface area contributed by atoms with Crippen LogP contribution in [0.4, 0.5) is 4.79 Å². The third kappa shape index (κ3) is 6.48. The molecule has 7 heteroatoms. The first-order valence-corrected chi connectivity index (χ1v) is 10.1. The van der Waals surface area contributed by atoms with Crippen LogP contribution in [0.3, 0.4) is 0 Å². The van der Waals surface area contributed by atoms with Crippen LogP contribution in [-0.2, 0) is 9.53 Å².